The molecule has 2 aromatic heterocycles. The first-order valence-corrected chi connectivity index (χ1v) is 10.9. The summed E-state index contributed by atoms with van der Waals surface area (Å²) in [4.78, 5) is 25.7. The number of hydrogen-bond acceptors (Lipinski definition) is 5. The predicted octanol–water partition coefficient (Wildman–Crippen LogP) is 3.83. The molecule has 0 radical (unpaired) electrons. The maximum Gasteiger partial charge on any atom is 0.314 e. The summed E-state index contributed by atoms with van der Waals surface area (Å²) >= 11 is 1.60. The fourth-order valence-electron chi connectivity index (χ4n) is 3.04. The number of nitrogens with one attached hydrogen (secondary N) is 2. The monoisotopic (exact) mass is 446 g/mol. The first kappa shape index (κ1) is 21.3. The topological polar surface area (TPSA) is 85.2 Å². The predicted molar refractivity (Wildman–Crippen MR) is 123 cm³/mol. The smallest absolute Gasteiger partial charge is 0.314 e. The summed E-state index contributed by atoms with van der Waals surface area (Å²) < 4.78 is 7.46. The Labute approximate surface area is 189 Å². The van der Waals surface area contributed by atoms with Gasteiger partial charge in [-0.3, -0.25) is 9.59 Å². The number of nitrogens with zero attached hydrogens (tertiary/aromatic N) is 2. The van der Waals surface area contributed by atoms with Crippen molar-refractivity contribution in [2.45, 2.75) is 19.7 Å². The van der Waals surface area contributed by atoms with Crippen molar-refractivity contribution < 1.29 is 14.3 Å². The molecule has 0 saturated heterocycles. The molecule has 2 aromatic carbocycles. The summed E-state index contributed by atoms with van der Waals surface area (Å²) in [6.07, 6.45) is 1.59. The van der Waals surface area contributed by atoms with E-state index in [1.165, 1.54) is 0 Å². The number of benzene rings is 2. The Kier molecular flexibility index (Phi) is 6.94. The molecule has 4 rings (SSSR count). The molecule has 32 heavy (non-hydrogen) atoms. The van der Waals surface area contributed by atoms with Crippen molar-refractivity contribution in [1.82, 2.24) is 15.1 Å². The first-order chi connectivity index (χ1) is 15.7. The highest BCUT2D eigenvalue weighted by Gasteiger charge is 2.16. The van der Waals surface area contributed by atoms with Crippen molar-refractivity contribution in [1.29, 1.82) is 0 Å². The van der Waals surface area contributed by atoms with Gasteiger partial charge in [0.25, 0.3) is 0 Å². The Morgan fingerprint density at radius 1 is 0.938 bits per heavy atom. The van der Waals surface area contributed by atoms with Crippen LogP contribution in [0.1, 0.15) is 16.0 Å². The lowest BCUT2D eigenvalue weighted by Crippen LogP contribution is -2.35. The maximum atomic E-state index is 12.3. The molecule has 162 valence electrons. The van der Waals surface area contributed by atoms with E-state index in [-0.39, 0.29) is 6.54 Å². The first-order valence-electron chi connectivity index (χ1n) is 10.1. The van der Waals surface area contributed by atoms with E-state index in [1.807, 2.05) is 72.1 Å². The van der Waals surface area contributed by atoms with Gasteiger partial charge < -0.3 is 15.4 Å². The molecule has 0 saturated carbocycles. The molecule has 4 aromatic rings. The minimum Gasteiger partial charge on any atom is -0.489 e. The van der Waals surface area contributed by atoms with Crippen LogP contribution in [0.5, 0.6) is 5.75 Å². The van der Waals surface area contributed by atoms with Crippen LogP contribution in [-0.2, 0) is 29.3 Å². The van der Waals surface area contributed by atoms with Gasteiger partial charge in [-0.05, 0) is 34.7 Å². The summed E-state index contributed by atoms with van der Waals surface area (Å²) in [6, 6.07) is 22.9. The molecule has 0 unspecified atom stereocenters. The standard InChI is InChI=1S/C24H22N4O3S/c29-23(24(30)27-22-11-12-26-28(22)16-21-10-5-13-32-21)25-15-19-8-4-9-20(14-19)31-17-18-6-2-1-3-7-18/h1-14H,15-17H2,(H,25,29)(H,27,30). The Balaban J connectivity index is 1.28. The van der Waals surface area contributed by atoms with E-state index in [1.54, 1.807) is 28.3 Å². The van der Waals surface area contributed by atoms with E-state index < -0.39 is 11.8 Å². The van der Waals surface area contributed by atoms with Gasteiger partial charge in [-0.2, -0.15) is 5.10 Å². The van der Waals surface area contributed by atoms with Crippen molar-refractivity contribution in [3.8, 4) is 5.75 Å². The van der Waals surface area contributed by atoms with Crippen LogP contribution in [0.4, 0.5) is 5.82 Å². The number of carbonyl (C=O) groups excluding carboxylic acids is 2. The van der Waals surface area contributed by atoms with Gasteiger partial charge in [-0.15, -0.1) is 11.3 Å². The third kappa shape index (κ3) is 5.83. The van der Waals surface area contributed by atoms with Crippen LogP contribution in [0, 0.1) is 0 Å². The average molecular weight is 447 g/mol. The molecule has 8 heteroatoms. The lowest BCUT2D eigenvalue weighted by Gasteiger charge is -2.10. The number of rotatable bonds is 8. The number of hydrogen-bond donors (Lipinski definition) is 2. The third-order valence-electron chi connectivity index (χ3n) is 4.65. The highest BCUT2D eigenvalue weighted by atomic mass is 32.1. The Hall–Kier alpha value is -3.91. The summed E-state index contributed by atoms with van der Waals surface area (Å²) in [5, 5.41) is 11.4. The quantitative estimate of drug-likeness (QED) is 0.403. The molecule has 0 atom stereocenters. The van der Waals surface area contributed by atoms with E-state index in [0.29, 0.717) is 24.7 Å². The second kappa shape index (κ2) is 10.4. The zero-order valence-electron chi connectivity index (χ0n) is 17.2. The summed E-state index contributed by atoms with van der Waals surface area (Å²) in [5.74, 6) is -0.295. The van der Waals surface area contributed by atoms with Crippen LogP contribution in [0.2, 0.25) is 0 Å². The fourth-order valence-corrected chi connectivity index (χ4v) is 3.72. The van der Waals surface area contributed by atoms with E-state index in [9.17, 15) is 9.59 Å². The van der Waals surface area contributed by atoms with Gasteiger partial charge >= 0.3 is 11.8 Å². The molecule has 0 bridgehead atoms. The second-order valence-corrected chi connectivity index (χ2v) is 8.04. The van der Waals surface area contributed by atoms with Gasteiger partial charge in [0.1, 0.15) is 18.2 Å². The van der Waals surface area contributed by atoms with Crippen molar-refractivity contribution in [2.24, 2.45) is 0 Å². The van der Waals surface area contributed by atoms with Gasteiger partial charge in [0.05, 0.1) is 12.7 Å². The number of anilines is 1. The van der Waals surface area contributed by atoms with Crippen molar-refractivity contribution in [3.05, 3.63) is 100 Å². The van der Waals surface area contributed by atoms with Gasteiger partial charge in [0.15, 0.2) is 0 Å². The van der Waals surface area contributed by atoms with Crippen LogP contribution in [-0.4, -0.2) is 21.6 Å². The summed E-state index contributed by atoms with van der Waals surface area (Å²) in [5.41, 5.74) is 1.90. The lowest BCUT2D eigenvalue weighted by atomic mass is 10.2. The van der Waals surface area contributed by atoms with Gasteiger partial charge in [-0.1, -0.05) is 48.5 Å². The number of thiophene rings is 1. The molecule has 2 heterocycles. The molecule has 0 aliphatic heterocycles. The van der Waals surface area contributed by atoms with E-state index in [2.05, 4.69) is 15.7 Å². The van der Waals surface area contributed by atoms with Gasteiger partial charge in [-0.25, -0.2) is 4.68 Å². The molecular weight excluding hydrogens is 424 g/mol. The maximum absolute atomic E-state index is 12.3. The molecule has 0 aliphatic rings. The number of aromatic nitrogens is 2. The minimum absolute atomic E-state index is 0.212. The number of carbonyl (C=O) groups is 2. The minimum atomic E-state index is -0.741. The highest BCUT2D eigenvalue weighted by Crippen LogP contribution is 2.16. The Morgan fingerprint density at radius 3 is 2.59 bits per heavy atom. The molecule has 0 spiro atoms. The molecule has 2 amide bonds. The molecule has 0 aliphatic carbocycles. The van der Waals surface area contributed by atoms with Crippen molar-refractivity contribution in [3.63, 3.8) is 0 Å². The SMILES string of the molecule is O=C(NCc1cccc(OCc2ccccc2)c1)C(=O)Nc1ccnn1Cc1cccs1. The zero-order chi connectivity index (χ0) is 22.2. The molecule has 0 fully saturated rings. The van der Waals surface area contributed by atoms with E-state index in [0.717, 1.165) is 16.0 Å². The largest absolute Gasteiger partial charge is 0.489 e. The van der Waals surface area contributed by atoms with Crippen LogP contribution in [0.25, 0.3) is 0 Å². The molecule has 7 nitrogen and oxygen atoms in total. The van der Waals surface area contributed by atoms with E-state index >= 15 is 0 Å². The number of ether oxygens (including phenoxy) is 1. The van der Waals surface area contributed by atoms with Crippen LogP contribution < -0.4 is 15.4 Å². The second-order valence-electron chi connectivity index (χ2n) is 7.01. The Morgan fingerprint density at radius 2 is 1.78 bits per heavy atom. The molecule has 2 N–H and O–H groups in total. The lowest BCUT2D eigenvalue weighted by molar-refractivity contribution is -0.136. The average Bonchev–Trinajstić information content (AvgIpc) is 3.50. The van der Waals surface area contributed by atoms with E-state index in [4.69, 9.17) is 4.74 Å². The highest BCUT2D eigenvalue weighted by molar-refractivity contribution is 7.09. The number of amides is 2. The zero-order valence-corrected chi connectivity index (χ0v) is 18.0. The fraction of sp³-hybridized carbons (Fsp3) is 0.125. The summed E-state index contributed by atoms with van der Waals surface area (Å²) in [7, 11) is 0. The van der Waals surface area contributed by atoms with Gasteiger partial charge in [0, 0.05) is 17.5 Å². The van der Waals surface area contributed by atoms with Crippen LogP contribution in [0.3, 0.4) is 0 Å². The van der Waals surface area contributed by atoms with Gasteiger partial charge in [0.2, 0.25) is 0 Å². The summed E-state index contributed by atoms with van der Waals surface area (Å²) in [6.45, 7) is 1.19. The normalized spacial score (nSPS) is 10.5. The van der Waals surface area contributed by atoms with Crippen LogP contribution in [0.15, 0.2) is 84.4 Å². The van der Waals surface area contributed by atoms with Crippen molar-refractivity contribution >= 4 is 29.0 Å². The third-order valence-corrected chi connectivity index (χ3v) is 5.51. The Bertz CT molecular complexity index is 1170. The molecular formula is C24H22N4O3S. The van der Waals surface area contributed by atoms with Crippen molar-refractivity contribution in [2.75, 3.05) is 5.32 Å². The van der Waals surface area contributed by atoms with Crippen LogP contribution >= 0.6 is 11.3 Å².